The highest BCUT2D eigenvalue weighted by atomic mass is 35.5. The number of nitrogens with two attached hydrogens (primary N) is 1. The maximum absolute atomic E-state index is 12.6. The van der Waals surface area contributed by atoms with Gasteiger partial charge in [0.15, 0.2) is 0 Å². The third-order valence-corrected chi connectivity index (χ3v) is 5.60. The fraction of sp³-hybridized carbons (Fsp3) is 0.667. The van der Waals surface area contributed by atoms with Crippen molar-refractivity contribution in [2.45, 2.75) is 52.4 Å². The quantitative estimate of drug-likeness (QED) is 0.570. The third kappa shape index (κ3) is 8.16. The maximum Gasteiger partial charge on any atom is 0.225 e. The van der Waals surface area contributed by atoms with E-state index in [0.29, 0.717) is 19.6 Å². The van der Waals surface area contributed by atoms with Gasteiger partial charge in [-0.15, -0.1) is 24.8 Å². The maximum atomic E-state index is 12.6. The molecule has 1 aromatic rings. The van der Waals surface area contributed by atoms with Gasteiger partial charge in [0.2, 0.25) is 5.91 Å². The first-order chi connectivity index (χ1) is 12.6. The third-order valence-electron chi connectivity index (χ3n) is 5.60. The van der Waals surface area contributed by atoms with Crippen LogP contribution in [0.15, 0.2) is 24.3 Å². The Morgan fingerprint density at radius 2 is 1.79 bits per heavy atom. The molecule has 0 atom stereocenters. The molecule has 0 unspecified atom stereocenters. The minimum Gasteiger partial charge on any atom is -0.490 e. The average Bonchev–Trinajstić information content (AvgIpc) is 2.67. The van der Waals surface area contributed by atoms with Crippen LogP contribution in [0.3, 0.4) is 0 Å². The summed E-state index contributed by atoms with van der Waals surface area (Å²) in [4.78, 5) is 15.0. The van der Waals surface area contributed by atoms with Crippen LogP contribution in [0.2, 0.25) is 0 Å². The lowest BCUT2D eigenvalue weighted by Crippen LogP contribution is -2.36. The van der Waals surface area contributed by atoms with Gasteiger partial charge >= 0.3 is 0 Å². The van der Waals surface area contributed by atoms with Crippen molar-refractivity contribution in [2.24, 2.45) is 11.1 Å². The number of ether oxygens (including phenoxy) is 1. The fourth-order valence-electron chi connectivity index (χ4n) is 3.81. The molecule has 0 aromatic heterocycles. The van der Waals surface area contributed by atoms with Crippen LogP contribution in [0.5, 0.6) is 5.75 Å². The molecule has 1 aromatic carbocycles. The predicted molar refractivity (Wildman–Crippen MR) is 122 cm³/mol. The predicted octanol–water partition coefficient (Wildman–Crippen LogP) is 4.49. The van der Waals surface area contributed by atoms with Gasteiger partial charge in [0.05, 0.1) is 5.69 Å². The van der Waals surface area contributed by atoms with E-state index >= 15 is 0 Å². The van der Waals surface area contributed by atoms with Crippen molar-refractivity contribution < 1.29 is 9.53 Å². The molecule has 1 aliphatic rings. The summed E-state index contributed by atoms with van der Waals surface area (Å²) in [5.74, 6) is 0.774. The van der Waals surface area contributed by atoms with Crippen molar-refractivity contribution in [1.29, 1.82) is 0 Å². The number of carbonyl (C=O) groups is 1. The minimum atomic E-state index is -0.0269. The van der Waals surface area contributed by atoms with Crippen LogP contribution in [0.25, 0.3) is 0 Å². The van der Waals surface area contributed by atoms with Crippen LogP contribution in [-0.2, 0) is 4.79 Å². The van der Waals surface area contributed by atoms with Gasteiger partial charge in [-0.2, -0.15) is 0 Å². The summed E-state index contributed by atoms with van der Waals surface area (Å²) >= 11 is 0. The summed E-state index contributed by atoms with van der Waals surface area (Å²) in [5.41, 5.74) is 6.74. The Labute approximate surface area is 182 Å². The monoisotopic (exact) mass is 433 g/mol. The molecule has 0 aliphatic heterocycles. The second-order valence-electron chi connectivity index (χ2n) is 7.36. The molecule has 3 N–H and O–H groups in total. The van der Waals surface area contributed by atoms with Crippen molar-refractivity contribution in [3.05, 3.63) is 24.3 Å². The molecule has 1 amide bonds. The number of anilines is 1. The van der Waals surface area contributed by atoms with Crippen molar-refractivity contribution in [2.75, 3.05) is 38.1 Å². The van der Waals surface area contributed by atoms with Crippen molar-refractivity contribution in [3.63, 3.8) is 0 Å². The van der Waals surface area contributed by atoms with Gasteiger partial charge in [-0.3, -0.25) is 4.79 Å². The van der Waals surface area contributed by atoms with Crippen LogP contribution in [0, 0.1) is 5.41 Å². The van der Waals surface area contributed by atoms with E-state index in [-0.39, 0.29) is 36.1 Å². The van der Waals surface area contributed by atoms with Gasteiger partial charge in [0.25, 0.3) is 0 Å². The average molecular weight is 434 g/mol. The Kier molecular flexibility index (Phi) is 13.5. The van der Waals surface area contributed by atoms with Crippen LogP contribution in [0.1, 0.15) is 52.4 Å². The number of halogens is 2. The molecular weight excluding hydrogens is 397 g/mol. The van der Waals surface area contributed by atoms with Gasteiger partial charge in [-0.1, -0.05) is 45.2 Å². The molecule has 2 rings (SSSR count). The molecule has 1 fully saturated rings. The Morgan fingerprint density at radius 3 is 2.39 bits per heavy atom. The summed E-state index contributed by atoms with van der Waals surface area (Å²) in [7, 11) is 0. The molecule has 1 aliphatic carbocycles. The Balaban J connectivity index is 0.00000364. The highest BCUT2D eigenvalue weighted by Crippen LogP contribution is 2.38. The van der Waals surface area contributed by atoms with Gasteiger partial charge in [-0.05, 0) is 50.0 Å². The summed E-state index contributed by atoms with van der Waals surface area (Å²) in [6, 6.07) is 7.68. The molecule has 0 spiro atoms. The number of nitrogens with zero attached hydrogens (tertiary/aromatic N) is 1. The van der Waals surface area contributed by atoms with E-state index in [9.17, 15) is 4.79 Å². The van der Waals surface area contributed by atoms with Crippen molar-refractivity contribution in [1.82, 2.24) is 4.90 Å². The first-order valence-corrected chi connectivity index (χ1v) is 10.1. The van der Waals surface area contributed by atoms with E-state index in [4.69, 9.17) is 10.5 Å². The number of benzene rings is 1. The largest absolute Gasteiger partial charge is 0.490 e. The normalized spacial score (nSPS) is 15.3. The zero-order chi connectivity index (χ0) is 18.8. The SMILES string of the molecule is CCN(CC)CCOc1ccccc1NC(=O)CC1(CN)CCCCC1.Cl.Cl. The van der Waals surface area contributed by atoms with E-state index in [1.54, 1.807) is 0 Å². The summed E-state index contributed by atoms with van der Waals surface area (Å²) < 4.78 is 5.93. The molecule has 1 saturated carbocycles. The van der Waals surface area contributed by atoms with E-state index in [1.165, 1.54) is 19.3 Å². The molecule has 5 nitrogen and oxygen atoms in total. The topological polar surface area (TPSA) is 67.6 Å². The Bertz CT molecular complexity index is 562. The molecule has 0 saturated heterocycles. The lowest BCUT2D eigenvalue weighted by atomic mass is 9.71. The molecule has 0 bridgehead atoms. The van der Waals surface area contributed by atoms with E-state index in [1.807, 2.05) is 24.3 Å². The second kappa shape index (κ2) is 14.0. The van der Waals surface area contributed by atoms with Gasteiger partial charge in [-0.25, -0.2) is 0 Å². The summed E-state index contributed by atoms with van der Waals surface area (Å²) in [5, 5.41) is 3.05. The lowest BCUT2D eigenvalue weighted by molar-refractivity contribution is -0.118. The summed E-state index contributed by atoms with van der Waals surface area (Å²) in [6.45, 7) is 8.40. The van der Waals surface area contributed by atoms with Crippen LogP contribution >= 0.6 is 24.8 Å². The highest BCUT2D eigenvalue weighted by Gasteiger charge is 2.33. The number of hydrogen-bond acceptors (Lipinski definition) is 4. The first-order valence-electron chi connectivity index (χ1n) is 10.1. The smallest absolute Gasteiger partial charge is 0.225 e. The van der Waals surface area contributed by atoms with E-state index in [2.05, 4.69) is 24.1 Å². The fourth-order valence-corrected chi connectivity index (χ4v) is 3.81. The number of hydrogen-bond donors (Lipinski definition) is 2. The molecule has 7 heteroatoms. The van der Waals surface area contributed by atoms with E-state index in [0.717, 1.165) is 43.9 Å². The molecule has 0 heterocycles. The van der Waals surface area contributed by atoms with Crippen molar-refractivity contribution >= 4 is 36.4 Å². The van der Waals surface area contributed by atoms with Gasteiger partial charge in [0, 0.05) is 13.0 Å². The van der Waals surface area contributed by atoms with Gasteiger partial charge < -0.3 is 20.7 Å². The van der Waals surface area contributed by atoms with Crippen LogP contribution < -0.4 is 15.8 Å². The number of nitrogens with one attached hydrogen (secondary N) is 1. The lowest BCUT2D eigenvalue weighted by Gasteiger charge is -2.35. The highest BCUT2D eigenvalue weighted by molar-refractivity contribution is 5.92. The number of rotatable bonds is 10. The number of likely N-dealkylation sites (N-methyl/N-ethyl adjacent to an activating group) is 1. The zero-order valence-corrected chi connectivity index (χ0v) is 18.9. The molecule has 162 valence electrons. The molecular formula is C21H37Cl2N3O2. The van der Waals surface area contributed by atoms with Gasteiger partial charge in [0.1, 0.15) is 12.4 Å². The van der Waals surface area contributed by atoms with Crippen LogP contribution in [-0.4, -0.2) is 43.6 Å². The first kappa shape index (κ1) is 27.0. The standard InChI is InChI=1S/C21H35N3O2.2ClH/c1-3-24(4-2)14-15-26-19-11-7-6-10-18(19)23-20(25)16-21(17-22)12-8-5-9-13-21;;/h6-7,10-11H,3-5,8-9,12-17,22H2,1-2H3,(H,23,25);2*1H. The van der Waals surface area contributed by atoms with E-state index < -0.39 is 0 Å². The zero-order valence-electron chi connectivity index (χ0n) is 17.2. The van der Waals surface area contributed by atoms with Crippen molar-refractivity contribution in [3.8, 4) is 5.75 Å². The Hall–Kier alpha value is -1.01. The molecule has 0 radical (unpaired) electrons. The van der Waals surface area contributed by atoms with Crippen LogP contribution in [0.4, 0.5) is 5.69 Å². The number of amides is 1. The molecule has 28 heavy (non-hydrogen) atoms. The number of para-hydroxylation sites is 2. The second-order valence-corrected chi connectivity index (χ2v) is 7.36. The summed E-state index contributed by atoms with van der Waals surface area (Å²) in [6.07, 6.45) is 6.22. The number of carbonyl (C=O) groups excluding carboxylic acids is 1. The minimum absolute atomic E-state index is 0. The Morgan fingerprint density at radius 1 is 1.14 bits per heavy atom.